The third-order valence-electron chi connectivity index (χ3n) is 9.55. The van der Waals surface area contributed by atoms with Gasteiger partial charge in [0.05, 0.1) is 5.69 Å². The Balaban J connectivity index is 1.45. The topological polar surface area (TPSA) is 56.2 Å². The first-order chi connectivity index (χ1) is 19.0. The summed E-state index contributed by atoms with van der Waals surface area (Å²) >= 11 is 0. The van der Waals surface area contributed by atoms with Gasteiger partial charge in [-0.15, -0.1) is 0 Å². The lowest BCUT2D eigenvalue weighted by molar-refractivity contribution is 0.283. The Morgan fingerprint density at radius 1 is 1.03 bits per heavy atom. The van der Waals surface area contributed by atoms with E-state index in [2.05, 4.69) is 68.9 Å². The van der Waals surface area contributed by atoms with Crippen LogP contribution >= 0.6 is 0 Å². The molecule has 1 aromatic carbocycles. The normalized spacial score (nSPS) is 21.6. The molecule has 0 saturated heterocycles. The molecule has 0 amide bonds. The second-order valence-corrected chi connectivity index (χ2v) is 11.9. The van der Waals surface area contributed by atoms with E-state index in [9.17, 15) is 0 Å². The highest BCUT2D eigenvalue weighted by molar-refractivity contribution is 5.95. The maximum atomic E-state index is 5.75. The van der Waals surface area contributed by atoms with Gasteiger partial charge in [-0.05, 0) is 123 Å². The second-order valence-electron chi connectivity index (χ2n) is 11.9. The van der Waals surface area contributed by atoms with Crippen LogP contribution in [0.4, 0.5) is 0 Å². The molecule has 1 atom stereocenters. The summed E-state index contributed by atoms with van der Waals surface area (Å²) in [6.45, 7) is 7.96. The van der Waals surface area contributed by atoms with Crippen molar-refractivity contribution < 1.29 is 0 Å². The molecule has 1 fully saturated rings. The first-order valence-corrected chi connectivity index (χ1v) is 15.8. The van der Waals surface area contributed by atoms with Gasteiger partial charge in [-0.25, -0.2) is 0 Å². The average Bonchev–Trinajstić information content (AvgIpc) is 3.31. The molecule has 4 nitrogen and oxygen atoms in total. The van der Waals surface area contributed by atoms with Crippen LogP contribution < -0.4 is 5.73 Å². The van der Waals surface area contributed by atoms with Crippen LogP contribution in [0, 0.1) is 0 Å². The zero-order valence-electron chi connectivity index (χ0n) is 25.1. The number of hydrogen-bond acceptors (Lipinski definition) is 3. The minimum Gasteiger partial charge on any atom is -0.404 e. The minimum absolute atomic E-state index is 0.383. The maximum absolute atomic E-state index is 5.75. The van der Waals surface area contributed by atoms with E-state index >= 15 is 0 Å². The molecule has 1 aliphatic heterocycles. The molecular weight excluding hydrogens is 476 g/mol. The van der Waals surface area contributed by atoms with E-state index in [1.165, 1.54) is 66.8 Å². The van der Waals surface area contributed by atoms with E-state index in [1.807, 2.05) is 0 Å². The van der Waals surface area contributed by atoms with Crippen molar-refractivity contribution in [1.29, 1.82) is 0 Å². The highest BCUT2D eigenvalue weighted by atomic mass is 15.3. The minimum atomic E-state index is 0.383. The zero-order valence-corrected chi connectivity index (χ0v) is 25.1. The molecule has 4 rings (SSSR count). The molecule has 2 heterocycles. The first kappa shape index (κ1) is 29.4. The van der Waals surface area contributed by atoms with Crippen LogP contribution in [0.3, 0.4) is 0 Å². The number of benzene rings is 1. The van der Waals surface area contributed by atoms with Crippen molar-refractivity contribution in [3.8, 4) is 0 Å². The summed E-state index contributed by atoms with van der Waals surface area (Å²) < 4.78 is 2.11. The summed E-state index contributed by atoms with van der Waals surface area (Å²) in [5.74, 6) is 0.513. The molecule has 4 heteroatoms. The summed E-state index contributed by atoms with van der Waals surface area (Å²) in [5.41, 5.74) is 15.8. The molecule has 2 N–H and O–H groups in total. The molecule has 0 bridgehead atoms. The van der Waals surface area contributed by atoms with Crippen LogP contribution in [0.1, 0.15) is 125 Å². The van der Waals surface area contributed by atoms with E-state index in [-0.39, 0.29) is 0 Å². The summed E-state index contributed by atoms with van der Waals surface area (Å²) in [4.78, 5) is 4.80. The van der Waals surface area contributed by atoms with Gasteiger partial charge in [0, 0.05) is 25.0 Å². The third kappa shape index (κ3) is 7.32. The molecule has 212 valence electrons. The standard InChI is InChI=1S/C35H52N4/c1-5-28-17-18-30(35(7-3)20-9-8-10-21-35)24-34(28)29(6-2)23-32-25-33(39(4)38-32)15-11-14-31-19-16-27(26-36)13-12-22-37-31/h16-19,24-26,29H,5-15,20-23,36H2,1-4H3/b19-16-,27-26+,37-31-. The number of aliphatic imine (C=N–C) groups is 1. The van der Waals surface area contributed by atoms with E-state index in [1.54, 1.807) is 17.3 Å². The molecule has 1 aromatic heterocycles. The van der Waals surface area contributed by atoms with Gasteiger partial charge in [0.15, 0.2) is 0 Å². The Morgan fingerprint density at radius 3 is 2.56 bits per heavy atom. The molecule has 0 spiro atoms. The average molecular weight is 529 g/mol. The highest BCUT2D eigenvalue weighted by Crippen LogP contribution is 2.43. The van der Waals surface area contributed by atoms with Crippen LogP contribution in [0.25, 0.3) is 0 Å². The van der Waals surface area contributed by atoms with Gasteiger partial charge < -0.3 is 5.73 Å². The SMILES string of the molecule is CCc1ccc(C2(CC)CCCCC2)cc1C(CC)Cc1cc(CCCC2=N/CCCC(=C\N)/C=C\2)n(C)n1. The van der Waals surface area contributed by atoms with Crippen molar-refractivity contribution in [1.82, 2.24) is 9.78 Å². The number of nitrogens with zero attached hydrogens (tertiary/aromatic N) is 3. The summed E-state index contributed by atoms with van der Waals surface area (Å²) in [7, 11) is 2.11. The molecule has 39 heavy (non-hydrogen) atoms. The Hall–Kier alpha value is -2.62. The van der Waals surface area contributed by atoms with Gasteiger partial charge >= 0.3 is 0 Å². The van der Waals surface area contributed by atoms with E-state index in [0.29, 0.717) is 11.3 Å². The highest BCUT2D eigenvalue weighted by Gasteiger charge is 2.33. The largest absolute Gasteiger partial charge is 0.404 e. The number of allylic oxidation sites excluding steroid dienone is 3. The Labute approximate surface area is 237 Å². The lowest BCUT2D eigenvalue weighted by atomic mass is 9.67. The third-order valence-corrected chi connectivity index (χ3v) is 9.55. The van der Waals surface area contributed by atoms with Gasteiger partial charge in [0.1, 0.15) is 0 Å². The van der Waals surface area contributed by atoms with Gasteiger partial charge in [-0.1, -0.05) is 64.3 Å². The van der Waals surface area contributed by atoms with Crippen molar-refractivity contribution >= 4 is 5.71 Å². The fourth-order valence-corrected chi connectivity index (χ4v) is 6.93. The molecule has 2 aromatic rings. The summed E-state index contributed by atoms with van der Waals surface area (Å²) in [6, 6.07) is 9.88. The number of nitrogens with two attached hydrogens (primary N) is 1. The lowest BCUT2D eigenvalue weighted by Gasteiger charge is -2.38. The fourth-order valence-electron chi connectivity index (χ4n) is 6.93. The van der Waals surface area contributed by atoms with Crippen molar-refractivity contribution in [3.05, 3.63) is 76.3 Å². The van der Waals surface area contributed by atoms with Crippen molar-refractivity contribution in [2.45, 2.75) is 122 Å². The van der Waals surface area contributed by atoms with Crippen LogP contribution in [0.2, 0.25) is 0 Å². The van der Waals surface area contributed by atoms with Gasteiger partial charge in [0.25, 0.3) is 0 Å². The number of aromatic nitrogens is 2. The Bertz CT molecular complexity index is 1160. The summed E-state index contributed by atoms with van der Waals surface area (Å²) in [6.07, 6.45) is 22.6. The lowest BCUT2D eigenvalue weighted by Crippen LogP contribution is -2.28. The van der Waals surface area contributed by atoms with Crippen LogP contribution in [0.15, 0.2) is 53.2 Å². The van der Waals surface area contributed by atoms with E-state index < -0.39 is 0 Å². The maximum Gasteiger partial charge on any atom is 0.0633 e. The van der Waals surface area contributed by atoms with Gasteiger partial charge in [-0.3, -0.25) is 9.67 Å². The quantitative estimate of drug-likeness (QED) is 0.319. The predicted molar refractivity (Wildman–Crippen MR) is 167 cm³/mol. The molecule has 2 aliphatic rings. The molecular formula is C35H52N4. The Morgan fingerprint density at radius 2 is 1.85 bits per heavy atom. The van der Waals surface area contributed by atoms with Crippen LogP contribution in [-0.2, 0) is 31.7 Å². The predicted octanol–water partition coefficient (Wildman–Crippen LogP) is 8.29. The Kier molecular flexibility index (Phi) is 10.6. The smallest absolute Gasteiger partial charge is 0.0633 e. The number of aryl methyl sites for hydroxylation is 3. The van der Waals surface area contributed by atoms with Crippen molar-refractivity contribution in [2.75, 3.05) is 6.54 Å². The van der Waals surface area contributed by atoms with Crippen LogP contribution in [-0.4, -0.2) is 22.0 Å². The molecule has 0 radical (unpaired) electrons. The monoisotopic (exact) mass is 528 g/mol. The second kappa shape index (κ2) is 14.1. The van der Waals surface area contributed by atoms with E-state index in [0.717, 1.165) is 57.9 Å². The van der Waals surface area contributed by atoms with Gasteiger partial charge in [-0.2, -0.15) is 5.10 Å². The van der Waals surface area contributed by atoms with Crippen LogP contribution in [0.5, 0.6) is 0 Å². The first-order valence-electron chi connectivity index (χ1n) is 15.8. The van der Waals surface area contributed by atoms with Crippen molar-refractivity contribution in [2.24, 2.45) is 17.8 Å². The molecule has 1 unspecified atom stereocenters. The number of hydrogen-bond donors (Lipinski definition) is 1. The van der Waals surface area contributed by atoms with Crippen molar-refractivity contribution in [3.63, 3.8) is 0 Å². The van der Waals surface area contributed by atoms with Gasteiger partial charge in [0.2, 0.25) is 0 Å². The molecule has 1 saturated carbocycles. The molecule has 1 aliphatic carbocycles. The summed E-state index contributed by atoms with van der Waals surface area (Å²) in [5, 5.41) is 4.99. The van der Waals surface area contributed by atoms with E-state index in [4.69, 9.17) is 15.8 Å². The zero-order chi connectivity index (χ0) is 27.7. The fraction of sp³-hybridized carbons (Fsp3) is 0.600. The number of rotatable bonds is 11.